The Morgan fingerprint density at radius 1 is 0.122 bits per heavy atom. The molecular weight excluding hydrogens is 1790 g/mol. The molecule has 0 bridgehead atoms. The molecule has 16 saturated carbocycles. The highest BCUT2D eigenvalue weighted by molar-refractivity contribution is 4.92. The molecule has 16 rings (SSSR count). The van der Waals surface area contributed by atoms with E-state index in [0.717, 1.165) is 178 Å². The van der Waals surface area contributed by atoms with Crippen LogP contribution in [-0.4, -0.2) is 39.1 Å². The summed E-state index contributed by atoms with van der Waals surface area (Å²) in [4.78, 5) is 0. The maximum atomic E-state index is 5.92. The summed E-state index contributed by atoms with van der Waals surface area (Å²) >= 11 is 0. The van der Waals surface area contributed by atoms with Crippen LogP contribution in [-0.2, 0) is 14.2 Å². The fourth-order valence-electron chi connectivity index (χ4n) is 36.6. The number of methoxy groups -OCH3 is 2. The molecule has 16 fully saturated rings. The van der Waals surface area contributed by atoms with Crippen molar-refractivity contribution in [3.8, 4) is 0 Å². The van der Waals surface area contributed by atoms with Gasteiger partial charge in [-0.15, -0.1) is 0 Å². The number of ether oxygens (including phenoxy) is 3. The van der Waals surface area contributed by atoms with Crippen LogP contribution in [0.25, 0.3) is 0 Å². The largest absolute Gasteiger partial charge is 0.381 e. The smallest absolute Gasteiger partial charge is 0.0575 e. The molecule has 0 aromatic heterocycles. The second kappa shape index (κ2) is 81.5. The molecule has 0 N–H and O–H groups in total. The molecule has 0 aromatic carbocycles. The highest BCUT2D eigenvalue weighted by Crippen LogP contribution is 2.52. The zero-order valence-electron chi connectivity index (χ0n) is 104. The molecule has 3 heteroatoms. The number of rotatable bonds is 44. The molecule has 0 spiro atoms. The zero-order chi connectivity index (χ0) is 105. The van der Waals surface area contributed by atoms with Gasteiger partial charge >= 0.3 is 0 Å². The summed E-state index contributed by atoms with van der Waals surface area (Å²) < 4.78 is 16.9. The maximum absolute atomic E-state index is 5.92. The topological polar surface area (TPSA) is 27.7 Å². The molecule has 3 nitrogen and oxygen atoms in total. The van der Waals surface area contributed by atoms with Crippen LogP contribution in [0.4, 0.5) is 0 Å². The van der Waals surface area contributed by atoms with Gasteiger partial charge in [-0.3, -0.25) is 0 Å². The lowest BCUT2D eigenvalue weighted by molar-refractivity contribution is 0.00728. The molecule has 0 aromatic rings. The van der Waals surface area contributed by atoms with Crippen molar-refractivity contribution in [2.24, 2.45) is 172 Å². The maximum Gasteiger partial charge on any atom is 0.0575 e. The van der Waals surface area contributed by atoms with E-state index in [2.05, 4.69) is 96.9 Å². The van der Waals surface area contributed by atoms with E-state index in [9.17, 15) is 0 Å². The molecule has 872 valence electrons. The Balaban J connectivity index is 0.000000188. The molecule has 0 atom stereocenters. The van der Waals surface area contributed by atoms with Crippen molar-refractivity contribution in [2.45, 2.75) is 732 Å². The Hall–Kier alpha value is -0.120. The minimum atomic E-state index is 0.571. The van der Waals surface area contributed by atoms with E-state index in [-0.39, 0.29) is 0 Å². The molecule has 0 aliphatic heterocycles. The summed E-state index contributed by atoms with van der Waals surface area (Å²) in [5.74, 6) is 31.4. The van der Waals surface area contributed by atoms with Crippen LogP contribution in [0, 0.1) is 172 Å². The molecule has 16 aliphatic rings. The van der Waals surface area contributed by atoms with Crippen LogP contribution in [0.3, 0.4) is 0 Å². The molecule has 0 unspecified atom stereocenters. The third-order valence-corrected chi connectivity index (χ3v) is 46.9. The van der Waals surface area contributed by atoms with E-state index in [1.165, 1.54) is 385 Å². The van der Waals surface area contributed by atoms with Gasteiger partial charge in [0.05, 0.1) is 18.3 Å². The van der Waals surface area contributed by atoms with Crippen LogP contribution in [0.1, 0.15) is 713 Å². The summed E-state index contributed by atoms with van der Waals surface area (Å²) in [7, 11) is 3.76. The Morgan fingerprint density at radius 3 is 0.392 bits per heavy atom. The van der Waals surface area contributed by atoms with Gasteiger partial charge in [0.2, 0.25) is 0 Å². The van der Waals surface area contributed by atoms with E-state index >= 15 is 0 Å². The summed E-state index contributed by atoms with van der Waals surface area (Å²) in [5.41, 5.74) is 0. The monoisotopic (exact) mass is 2060 g/mol. The van der Waals surface area contributed by atoms with E-state index in [1.54, 1.807) is 231 Å². The summed E-state index contributed by atoms with van der Waals surface area (Å²) in [5, 5.41) is 0. The van der Waals surface area contributed by atoms with Gasteiger partial charge in [-0.05, 0) is 422 Å². The first-order valence-electron chi connectivity index (χ1n) is 71.3. The SMILES string of the molecule is CCCC1CCC(C2CCC(CC)CC2)CC1.CCCC1CCC(C2CCC(CCC)CC2)CC1.CCCC1CCC(C2CCC(OC)CC2)CC1.CCCCC1CCC(C2CCC(CCC)CC2)CC1.CCCCCC1CCC(C2CCC(CC)CC2)CC1.CCCCCC1CCC(C2CCC(CCC)CC2)CC1.CCCCCC1CCC(C2CCC(OC)CC2)CC1.CCCOC1CCC(C2CCC(CCC)CC2)CC1. The molecular formula is C145H274O3. The van der Waals surface area contributed by atoms with Crippen molar-refractivity contribution in [2.75, 3.05) is 20.8 Å². The van der Waals surface area contributed by atoms with E-state index < -0.39 is 0 Å². The quantitative estimate of drug-likeness (QED) is 0.0569. The first kappa shape index (κ1) is 131. The van der Waals surface area contributed by atoms with Gasteiger partial charge in [-0.2, -0.15) is 0 Å². The van der Waals surface area contributed by atoms with Crippen molar-refractivity contribution < 1.29 is 14.2 Å². The molecule has 0 saturated heterocycles. The first-order chi connectivity index (χ1) is 72.6. The van der Waals surface area contributed by atoms with Crippen molar-refractivity contribution >= 4 is 0 Å². The van der Waals surface area contributed by atoms with Gasteiger partial charge in [0.25, 0.3) is 0 Å². The van der Waals surface area contributed by atoms with Gasteiger partial charge in [0, 0.05) is 20.8 Å². The number of hydrogen-bond donors (Lipinski definition) is 0. The molecule has 0 amide bonds. The van der Waals surface area contributed by atoms with Crippen LogP contribution in [0.15, 0.2) is 0 Å². The minimum absolute atomic E-state index is 0.571. The second-order valence-electron chi connectivity index (χ2n) is 57.1. The molecule has 0 heterocycles. The summed E-state index contributed by atoms with van der Waals surface area (Å²) in [6.45, 7) is 33.6. The zero-order valence-corrected chi connectivity index (χ0v) is 104. The molecule has 148 heavy (non-hydrogen) atoms. The predicted molar refractivity (Wildman–Crippen MR) is 655 cm³/mol. The van der Waals surface area contributed by atoms with Crippen LogP contribution in [0.5, 0.6) is 0 Å². The summed E-state index contributed by atoms with van der Waals surface area (Å²) in [6.07, 6.45) is 145. The average Bonchev–Trinajstić information content (AvgIpc) is 0.903. The van der Waals surface area contributed by atoms with Gasteiger partial charge < -0.3 is 14.2 Å². The Labute approximate surface area is 932 Å². The van der Waals surface area contributed by atoms with Crippen LogP contribution >= 0.6 is 0 Å². The highest BCUT2D eigenvalue weighted by Gasteiger charge is 2.40. The van der Waals surface area contributed by atoms with Gasteiger partial charge in [0.15, 0.2) is 0 Å². The Bertz CT molecular complexity index is 2710. The predicted octanol–water partition coefficient (Wildman–Crippen LogP) is 48.1. The number of unbranched alkanes of at least 4 members (excludes halogenated alkanes) is 7. The fraction of sp³-hybridized carbons (Fsp3) is 1.00. The lowest BCUT2D eigenvalue weighted by atomic mass is 9.68. The van der Waals surface area contributed by atoms with Crippen molar-refractivity contribution in [1.29, 1.82) is 0 Å². The summed E-state index contributed by atoms with van der Waals surface area (Å²) in [6, 6.07) is 0. The fourth-order valence-corrected chi connectivity index (χ4v) is 36.6. The van der Waals surface area contributed by atoms with E-state index in [1.807, 2.05) is 14.2 Å². The third kappa shape index (κ3) is 51.5. The normalized spacial score (nSPS) is 37.0. The Kier molecular flexibility index (Phi) is 72.3. The highest BCUT2D eigenvalue weighted by atomic mass is 16.5. The lowest BCUT2D eigenvalue weighted by Gasteiger charge is -2.38. The first-order valence-corrected chi connectivity index (χ1v) is 71.3. The van der Waals surface area contributed by atoms with Crippen molar-refractivity contribution in [3.63, 3.8) is 0 Å². The van der Waals surface area contributed by atoms with Crippen LogP contribution < -0.4 is 0 Å². The van der Waals surface area contributed by atoms with Crippen LogP contribution in [0.2, 0.25) is 0 Å². The number of hydrogen-bond acceptors (Lipinski definition) is 3. The van der Waals surface area contributed by atoms with Gasteiger partial charge in [-0.1, -0.05) is 463 Å². The van der Waals surface area contributed by atoms with Crippen molar-refractivity contribution in [3.05, 3.63) is 0 Å². The molecule has 16 aliphatic carbocycles. The van der Waals surface area contributed by atoms with E-state index in [0.29, 0.717) is 18.3 Å². The lowest BCUT2D eigenvalue weighted by Crippen LogP contribution is -2.28. The minimum Gasteiger partial charge on any atom is -0.381 e. The third-order valence-electron chi connectivity index (χ3n) is 46.9. The van der Waals surface area contributed by atoms with Crippen molar-refractivity contribution in [1.82, 2.24) is 0 Å². The standard InChI is InChI=1S/C20H38.2C19H36.2C18H34O.C18H34.C17H32.C16H30O/c1-3-5-6-8-18-11-15-20(16-12-18)19-13-9-17(7-4-2)10-14-19;1-3-5-6-7-17-10-14-19(15-11-17)18-12-8-16(4-2)9-13-18;1-3-5-7-17-10-14-19(15-11-17)18-12-8-16(6-4-2)9-13-18;1-3-4-5-6-15-7-9-16(10-8-15)17-11-13-18(19-2)14-12-17;1-3-5-15-6-8-16(9-7-15)17-10-12-18(13-11-17)19-14-4-2;1-3-5-15-7-11-17(12-8-15)18-13-9-16(6-4-2)10-14-18;1-3-5-15-8-12-17(13-9-15)16-10-6-14(4-2)7-11-16;1-3-4-13-5-7-14(8-6-13)15-9-11-16(17-2)12-10-15/h17-20H,3-16H2,1-2H3;2*16-19H,3-15H2,1-2H3;2*15-18H,3-14H2,1-2H3;15-18H,3-14H2,1-2H3;14-17H,3-13H2,1-2H3;13-16H,3-12H2,1-2H3. The van der Waals surface area contributed by atoms with Gasteiger partial charge in [0.1, 0.15) is 0 Å². The average molecular weight is 2070 g/mol. The van der Waals surface area contributed by atoms with E-state index in [4.69, 9.17) is 14.2 Å². The molecule has 0 radical (unpaired) electrons. The Morgan fingerprint density at radius 2 is 0.257 bits per heavy atom. The second-order valence-corrected chi connectivity index (χ2v) is 57.1. The van der Waals surface area contributed by atoms with Gasteiger partial charge in [-0.25, -0.2) is 0 Å².